The summed E-state index contributed by atoms with van der Waals surface area (Å²) >= 11 is 0. The molecule has 0 aromatic heterocycles. The minimum absolute atomic E-state index is 1.00. The summed E-state index contributed by atoms with van der Waals surface area (Å²) in [5, 5.41) is 0. The van der Waals surface area contributed by atoms with Gasteiger partial charge in [-0.3, -0.25) is 9.48 Å². The summed E-state index contributed by atoms with van der Waals surface area (Å²) in [5.41, 5.74) is 7.03. The van der Waals surface area contributed by atoms with E-state index in [2.05, 4.69) is 79.0 Å². The first-order valence-corrected chi connectivity index (χ1v) is 8.05. The van der Waals surface area contributed by atoms with Crippen LogP contribution in [0.25, 0.3) is 0 Å². The van der Waals surface area contributed by atoms with Gasteiger partial charge in [0, 0.05) is 0 Å². The van der Waals surface area contributed by atoms with Crippen molar-refractivity contribution in [2.75, 3.05) is 13.1 Å². The van der Waals surface area contributed by atoms with Gasteiger partial charge in [-0.2, -0.15) is 0 Å². The SMILES string of the molecule is Cc1cc(C)c(CN2C=[N+](Cc3ccccc3)CC2)c(C)c1. The fourth-order valence-electron chi connectivity index (χ4n) is 3.32. The predicted molar refractivity (Wildman–Crippen MR) is 92.4 cm³/mol. The third-order valence-corrected chi connectivity index (χ3v) is 4.43. The van der Waals surface area contributed by atoms with Crippen molar-refractivity contribution in [1.82, 2.24) is 4.90 Å². The Labute approximate surface area is 133 Å². The lowest BCUT2D eigenvalue weighted by molar-refractivity contribution is -0.530. The Morgan fingerprint density at radius 2 is 1.68 bits per heavy atom. The van der Waals surface area contributed by atoms with Gasteiger partial charge >= 0.3 is 0 Å². The first kappa shape index (κ1) is 14.8. The van der Waals surface area contributed by atoms with Gasteiger partial charge in [-0.15, -0.1) is 0 Å². The van der Waals surface area contributed by atoms with Gasteiger partial charge in [0.05, 0.1) is 0 Å². The van der Waals surface area contributed by atoms with E-state index in [0.717, 1.165) is 26.2 Å². The van der Waals surface area contributed by atoms with E-state index in [1.54, 1.807) is 0 Å². The van der Waals surface area contributed by atoms with Crippen LogP contribution in [0.15, 0.2) is 42.5 Å². The molecule has 3 rings (SSSR count). The molecule has 0 N–H and O–H groups in total. The largest absolute Gasteiger partial charge is 0.260 e. The second-order valence-corrected chi connectivity index (χ2v) is 6.42. The second-order valence-electron chi connectivity index (χ2n) is 6.42. The Morgan fingerprint density at radius 1 is 1.00 bits per heavy atom. The minimum atomic E-state index is 1.00. The van der Waals surface area contributed by atoms with Gasteiger partial charge in [-0.1, -0.05) is 48.0 Å². The first-order valence-electron chi connectivity index (χ1n) is 8.05. The average molecular weight is 293 g/mol. The van der Waals surface area contributed by atoms with Gasteiger partial charge in [-0.05, 0) is 43.0 Å². The zero-order valence-corrected chi connectivity index (χ0v) is 13.8. The van der Waals surface area contributed by atoms with E-state index in [1.807, 2.05) is 0 Å². The van der Waals surface area contributed by atoms with Crippen LogP contribution in [0.1, 0.15) is 27.8 Å². The third kappa shape index (κ3) is 3.38. The highest BCUT2D eigenvalue weighted by atomic mass is 15.3. The van der Waals surface area contributed by atoms with Crippen molar-refractivity contribution in [1.29, 1.82) is 0 Å². The molecule has 2 aromatic carbocycles. The number of aryl methyl sites for hydroxylation is 3. The summed E-state index contributed by atoms with van der Waals surface area (Å²) in [7, 11) is 0. The molecular formula is C20H25N2+. The highest BCUT2D eigenvalue weighted by Crippen LogP contribution is 2.18. The maximum absolute atomic E-state index is 2.44. The monoisotopic (exact) mass is 293 g/mol. The number of hydrogen-bond donors (Lipinski definition) is 0. The lowest BCUT2D eigenvalue weighted by Gasteiger charge is -2.13. The van der Waals surface area contributed by atoms with E-state index >= 15 is 0 Å². The molecule has 0 atom stereocenters. The van der Waals surface area contributed by atoms with E-state index in [1.165, 1.54) is 27.8 Å². The highest BCUT2D eigenvalue weighted by Gasteiger charge is 2.20. The zero-order chi connectivity index (χ0) is 15.5. The highest BCUT2D eigenvalue weighted by molar-refractivity contribution is 5.51. The smallest absolute Gasteiger partial charge is 0.234 e. The van der Waals surface area contributed by atoms with Crippen LogP contribution in [0.2, 0.25) is 0 Å². The van der Waals surface area contributed by atoms with Crippen LogP contribution in [-0.2, 0) is 13.1 Å². The summed E-state index contributed by atoms with van der Waals surface area (Å²) in [6, 6.07) is 15.3. The maximum atomic E-state index is 2.44. The molecule has 0 saturated heterocycles. The second kappa shape index (κ2) is 6.35. The molecular weight excluding hydrogens is 268 g/mol. The molecule has 0 spiro atoms. The zero-order valence-electron chi connectivity index (χ0n) is 13.8. The van der Waals surface area contributed by atoms with Crippen molar-refractivity contribution >= 4 is 6.34 Å². The lowest BCUT2D eigenvalue weighted by atomic mass is 9.99. The summed E-state index contributed by atoms with van der Waals surface area (Å²) in [4.78, 5) is 2.44. The Kier molecular flexibility index (Phi) is 4.28. The van der Waals surface area contributed by atoms with Crippen molar-refractivity contribution in [3.63, 3.8) is 0 Å². The molecule has 1 aliphatic rings. The van der Waals surface area contributed by atoms with Crippen molar-refractivity contribution in [2.45, 2.75) is 33.9 Å². The van der Waals surface area contributed by atoms with E-state index in [9.17, 15) is 0 Å². The summed E-state index contributed by atoms with van der Waals surface area (Å²) in [6.07, 6.45) is 2.30. The molecule has 0 unspecified atom stereocenters. The van der Waals surface area contributed by atoms with Gasteiger partial charge in [0.15, 0.2) is 0 Å². The molecule has 1 aliphatic heterocycles. The van der Waals surface area contributed by atoms with Crippen LogP contribution in [-0.4, -0.2) is 28.9 Å². The summed E-state index contributed by atoms with van der Waals surface area (Å²) < 4.78 is 2.41. The van der Waals surface area contributed by atoms with Gasteiger partial charge in [-0.25, -0.2) is 0 Å². The average Bonchev–Trinajstić information content (AvgIpc) is 2.91. The lowest BCUT2D eigenvalue weighted by Crippen LogP contribution is -2.20. The molecule has 22 heavy (non-hydrogen) atoms. The van der Waals surface area contributed by atoms with Gasteiger partial charge < -0.3 is 0 Å². The number of nitrogens with zero attached hydrogens (tertiary/aromatic N) is 2. The number of rotatable bonds is 4. The molecule has 114 valence electrons. The number of benzene rings is 2. The Morgan fingerprint density at radius 3 is 2.36 bits per heavy atom. The van der Waals surface area contributed by atoms with Crippen LogP contribution in [0.5, 0.6) is 0 Å². The van der Waals surface area contributed by atoms with Gasteiger partial charge in [0.2, 0.25) is 6.34 Å². The quantitative estimate of drug-likeness (QED) is 0.780. The molecule has 2 nitrogen and oxygen atoms in total. The Bertz CT molecular complexity index is 663. The molecule has 0 radical (unpaired) electrons. The minimum Gasteiger partial charge on any atom is -0.260 e. The Balaban J connectivity index is 1.70. The molecule has 0 aliphatic carbocycles. The van der Waals surface area contributed by atoms with Crippen molar-refractivity contribution in [2.24, 2.45) is 0 Å². The predicted octanol–water partition coefficient (Wildman–Crippen LogP) is 3.67. The van der Waals surface area contributed by atoms with Gasteiger partial charge in [0.25, 0.3) is 0 Å². The van der Waals surface area contributed by atoms with E-state index in [0.29, 0.717) is 0 Å². The molecule has 0 saturated carbocycles. The van der Waals surface area contributed by atoms with E-state index in [-0.39, 0.29) is 0 Å². The van der Waals surface area contributed by atoms with Crippen molar-refractivity contribution in [3.05, 3.63) is 70.3 Å². The fraction of sp³-hybridized carbons (Fsp3) is 0.350. The summed E-state index contributed by atoms with van der Waals surface area (Å²) in [5.74, 6) is 0. The molecule has 0 bridgehead atoms. The topological polar surface area (TPSA) is 6.25 Å². The van der Waals surface area contributed by atoms with Crippen LogP contribution in [0.4, 0.5) is 0 Å². The van der Waals surface area contributed by atoms with Crippen molar-refractivity contribution < 1.29 is 4.58 Å². The maximum Gasteiger partial charge on any atom is 0.234 e. The summed E-state index contributed by atoms with van der Waals surface area (Å²) in [6.45, 7) is 10.9. The van der Waals surface area contributed by atoms with E-state index < -0.39 is 0 Å². The first-order chi connectivity index (χ1) is 10.6. The normalized spacial score (nSPS) is 14.3. The van der Waals surface area contributed by atoms with Crippen LogP contribution >= 0.6 is 0 Å². The fourth-order valence-corrected chi connectivity index (χ4v) is 3.32. The molecule has 0 amide bonds. The third-order valence-electron chi connectivity index (χ3n) is 4.43. The standard InChI is InChI=1S/C20H25N2/c1-16-11-17(2)20(18(3)12-16)14-22-10-9-21(15-22)13-19-7-5-4-6-8-19/h4-8,11-12,15H,9-10,13-14H2,1-3H3/q+1. The molecule has 0 fully saturated rings. The Hall–Kier alpha value is -2.09. The van der Waals surface area contributed by atoms with E-state index in [4.69, 9.17) is 0 Å². The van der Waals surface area contributed by atoms with Crippen LogP contribution in [0.3, 0.4) is 0 Å². The number of hydrogen-bond acceptors (Lipinski definition) is 1. The molecule has 2 aromatic rings. The van der Waals surface area contributed by atoms with Crippen LogP contribution < -0.4 is 0 Å². The van der Waals surface area contributed by atoms with Crippen molar-refractivity contribution in [3.8, 4) is 0 Å². The van der Waals surface area contributed by atoms with Gasteiger partial charge in [0.1, 0.15) is 26.2 Å². The molecule has 1 heterocycles. The van der Waals surface area contributed by atoms with Crippen LogP contribution in [0, 0.1) is 20.8 Å². The molecule has 2 heteroatoms.